The Kier molecular flexibility index (Phi) is 4.53. The number of furan rings is 1. The van der Waals surface area contributed by atoms with E-state index < -0.39 is 17.4 Å². The summed E-state index contributed by atoms with van der Waals surface area (Å²) in [4.78, 5) is 23.2. The minimum absolute atomic E-state index is 0.152. The van der Waals surface area contributed by atoms with Gasteiger partial charge in [0.25, 0.3) is 5.91 Å². The molecule has 0 aliphatic rings. The van der Waals surface area contributed by atoms with Crippen molar-refractivity contribution in [2.75, 3.05) is 0 Å². The number of carboxylic acid groups (broad SMARTS) is 1. The molecule has 0 aliphatic carbocycles. The number of carboxylic acids is 1. The Hall–Kier alpha value is -1.78. The van der Waals surface area contributed by atoms with Gasteiger partial charge in [0.15, 0.2) is 5.76 Å². The number of aliphatic carboxylic acids is 1. The molecule has 0 atom stereocenters. The predicted molar refractivity (Wildman–Crippen MR) is 66.5 cm³/mol. The Morgan fingerprint density at radius 2 is 1.89 bits per heavy atom. The lowest BCUT2D eigenvalue weighted by atomic mass is 9.93. The molecule has 0 fully saturated rings. The monoisotopic (exact) mass is 253 g/mol. The maximum Gasteiger partial charge on any atom is 0.329 e. The summed E-state index contributed by atoms with van der Waals surface area (Å²) in [6.45, 7) is 5.38. The number of hydrogen-bond acceptors (Lipinski definition) is 3. The molecule has 2 N–H and O–H groups in total. The van der Waals surface area contributed by atoms with Gasteiger partial charge in [-0.15, -0.1) is 0 Å². The first kappa shape index (κ1) is 14.3. The third kappa shape index (κ3) is 2.72. The number of carbonyl (C=O) groups is 2. The summed E-state index contributed by atoms with van der Waals surface area (Å²) in [6, 6.07) is 3.28. The van der Waals surface area contributed by atoms with Crippen molar-refractivity contribution in [3.05, 3.63) is 23.7 Å². The van der Waals surface area contributed by atoms with E-state index in [0.717, 1.165) is 0 Å². The van der Waals surface area contributed by atoms with Crippen molar-refractivity contribution >= 4 is 11.9 Å². The van der Waals surface area contributed by atoms with Crippen LogP contribution in [-0.2, 0) is 11.2 Å². The molecule has 1 aromatic heterocycles. The highest BCUT2D eigenvalue weighted by Gasteiger charge is 2.37. The molecular weight excluding hydrogens is 234 g/mol. The predicted octanol–water partition coefficient (Wildman–Crippen LogP) is 2.22. The molecule has 0 aliphatic heterocycles. The van der Waals surface area contributed by atoms with Crippen LogP contribution in [0.1, 0.15) is 49.9 Å². The van der Waals surface area contributed by atoms with E-state index in [-0.39, 0.29) is 5.76 Å². The van der Waals surface area contributed by atoms with Crippen molar-refractivity contribution in [3.63, 3.8) is 0 Å². The van der Waals surface area contributed by atoms with Crippen LogP contribution in [0.4, 0.5) is 0 Å². The zero-order chi connectivity index (χ0) is 13.8. The quantitative estimate of drug-likeness (QED) is 0.814. The van der Waals surface area contributed by atoms with Crippen molar-refractivity contribution in [3.8, 4) is 0 Å². The SMILES string of the molecule is CCc1ccc(C(=O)NC(CC)(CC)C(=O)O)o1. The summed E-state index contributed by atoms with van der Waals surface area (Å²) >= 11 is 0. The summed E-state index contributed by atoms with van der Waals surface area (Å²) in [7, 11) is 0. The first-order valence-electron chi connectivity index (χ1n) is 6.13. The second-order valence-electron chi connectivity index (χ2n) is 4.17. The van der Waals surface area contributed by atoms with Crippen LogP contribution in [-0.4, -0.2) is 22.5 Å². The Balaban J connectivity index is 2.88. The Morgan fingerprint density at radius 1 is 1.28 bits per heavy atom. The van der Waals surface area contributed by atoms with Crippen molar-refractivity contribution in [2.24, 2.45) is 0 Å². The van der Waals surface area contributed by atoms with Gasteiger partial charge < -0.3 is 14.8 Å². The Bertz CT molecular complexity index is 432. The van der Waals surface area contributed by atoms with Crippen molar-refractivity contribution in [2.45, 2.75) is 45.6 Å². The fourth-order valence-electron chi connectivity index (χ4n) is 1.75. The molecule has 0 spiro atoms. The average Bonchev–Trinajstić information content (AvgIpc) is 2.84. The lowest BCUT2D eigenvalue weighted by Gasteiger charge is -2.27. The molecule has 1 heterocycles. The minimum Gasteiger partial charge on any atom is -0.480 e. The number of aryl methyl sites for hydroxylation is 1. The van der Waals surface area contributed by atoms with E-state index >= 15 is 0 Å². The molecule has 18 heavy (non-hydrogen) atoms. The molecule has 0 saturated carbocycles. The standard InChI is InChI=1S/C13H19NO4/c1-4-9-7-8-10(18-9)11(15)14-13(5-2,6-3)12(16)17/h7-8H,4-6H2,1-3H3,(H,14,15)(H,16,17). The molecule has 0 saturated heterocycles. The van der Waals surface area contributed by atoms with Crippen LogP contribution >= 0.6 is 0 Å². The third-order valence-corrected chi connectivity index (χ3v) is 3.20. The molecule has 1 amide bonds. The van der Waals surface area contributed by atoms with Crippen LogP contribution in [0.5, 0.6) is 0 Å². The summed E-state index contributed by atoms with van der Waals surface area (Å²) in [5.74, 6) is -0.655. The normalized spacial score (nSPS) is 11.3. The first-order chi connectivity index (χ1) is 8.49. The Morgan fingerprint density at radius 3 is 2.28 bits per heavy atom. The van der Waals surface area contributed by atoms with Gasteiger partial charge in [0, 0.05) is 6.42 Å². The third-order valence-electron chi connectivity index (χ3n) is 3.20. The van der Waals surface area contributed by atoms with Crippen LogP contribution < -0.4 is 5.32 Å². The zero-order valence-corrected chi connectivity index (χ0v) is 10.9. The van der Waals surface area contributed by atoms with Crippen molar-refractivity contribution < 1.29 is 19.1 Å². The van der Waals surface area contributed by atoms with Crippen molar-refractivity contribution in [1.29, 1.82) is 0 Å². The molecule has 0 bridgehead atoms. The van der Waals surface area contributed by atoms with E-state index in [0.29, 0.717) is 25.0 Å². The summed E-state index contributed by atoms with van der Waals surface area (Å²) in [6.07, 6.45) is 1.34. The summed E-state index contributed by atoms with van der Waals surface area (Å²) in [5, 5.41) is 11.8. The van der Waals surface area contributed by atoms with Gasteiger partial charge in [-0.05, 0) is 25.0 Å². The second kappa shape index (κ2) is 5.71. The van der Waals surface area contributed by atoms with Gasteiger partial charge in [-0.3, -0.25) is 4.79 Å². The number of carbonyl (C=O) groups excluding carboxylic acids is 1. The number of rotatable bonds is 6. The molecule has 1 aromatic rings. The van der Waals surface area contributed by atoms with E-state index in [4.69, 9.17) is 4.42 Å². The second-order valence-corrected chi connectivity index (χ2v) is 4.17. The maximum absolute atomic E-state index is 11.9. The largest absolute Gasteiger partial charge is 0.480 e. The fourth-order valence-corrected chi connectivity index (χ4v) is 1.75. The van der Waals surface area contributed by atoms with Gasteiger partial charge in [0.2, 0.25) is 0 Å². The van der Waals surface area contributed by atoms with Crippen LogP contribution in [0.3, 0.4) is 0 Å². The van der Waals surface area contributed by atoms with Gasteiger partial charge in [-0.25, -0.2) is 4.79 Å². The molecule has 5 heteroatoms. The van der Waals surface area contributed by atoms with Crippen LogP contribution in [0, 0.1) is 0 Å². The molecule has 5 nitrogen and oxygen atoms in total. The van der Waals surface area contributed by atoms with Crippen molar-refractivity contribution in [1.82, 2.24) is 5.32 Å². The smallest absolute Gasteiger partial charge is 0.329 e. The van der Waals surface area contributed by atoms with Gasteiger partial charge in [0.05, 0.1) is 0 Å². The van der Waals surface area contributed by atoms with E-state index in [1.807, 2.05) is 6.92 Å². The van der Waals surface area contributed by atoms with Gasteiger partial charge in [0.1, 0.15) is 11.3 Å². The van der Waals surface area contributed by atoms with Crippen LogP contribution in [0.25, 0.3) is 0 Å². The minimum atomic E-state index is -1.23. The highest BCUT2D eigenvalue weighted by molar-refractivity contribution is 5.95. The van der Waals surface area contributed by atoms with E-state index in [1.54, 1.807) is 26.0 Å². The Labute approximate surface area is 106 Å². The molecule has 0 radical (unpaired) electrons. The van der Waals surface area contributed by atoms with E-state index in [1.165, 1.54) is 0 Å². The van der Waals surface area contributed by atoms with Crippen LogP contribution in [0.2, 0.25) is 0 Å². The van der Waals surface area contributed by atoms with E-state index in [2.05, 4.69) is 5.32 Å². The number of amides is 1. The summed E-state index contributed by atoms with van der Waals surface area (Å²) in [5.41, 5.74) is -1.23. The van der Waals surface area contributed by atoms with Gasteiger partial charge in [-0.1, -0.05) is 20.8 Å². The lowest BCUT2D eigenvalue weighted by molar-refractivity contribution is -0.144. The summed E-state index contributed by atoms with van der Waals surface area (Å²) < 4.78 is 5.30. The van der Waals surface area contributed by atoms with Crippen LogP contribution in [0.15, 0.2) is 16.5 Å². The number of hydrogen-bond donors (Lipinski definition) is 2. The molecule has 1 rings (SSSR count). The maximum atomic E-state index is 11.9. The molecule has 100 valence electrons. The first-order valence-corrected chi connectivity index (χ1v) is 6.13. The molecule has 0 unspecified atom stereocenters. The average molecular weight is 253 g/mol. The highest BCUT2D eigenvalue weighted by Crippen LogP contribution is 2.17. The zero-order valence-electron chi connectivity index (χ0n) is 10.9. The fraction of sp³-hybridized carbons (Fsp3) is 0.538. The van der Waals surface area contributed by atoms with Gasteiger partial charge in [-0.2, -0.15) is 0 Å². The lowest BCUT2D eigenvalue weighted by Crippen LogP contribution is -2.53. The highest BCUT2D eigenvalue weighted by atomic mass is 16.4. The van der Waals surface area contributed by atoms with Gasteiger partial charge >= 0.3 is 5.97 Å². The molecule has 0 aromatic carbocycles. The van der Waals surface area contributed by atoms with E-state index in [9.17, 15) is 14.7 Å². The topological polar surface area (TPSA) is 79.5 Å². The molecular formula is C13H19NO4. The number of nitrogens with one attached hydrogen (secondary N) is 1.